The van der Waals surface area contributed by atoms with Crippen molar-refractivity contribution in [3.63, 3.8) is 0 Å². The number of fused-ring (bicyclic) bond motifs is 4. The predicted molar refractivity (Wildman–Crippen MR) is 59.6 cm³/mol. The van der Waals surface area contributed by atoms with E-state index in [0.717, 1.165) is 12.6 Å². The van der Waals surface area contributed by atoms with Gasteiger partial charge in [-0.25, -0.2) is 0 Å². The first kappa shape index (κ1) is 9.31. The summed E-state index contributed by atoms with van der Waals surface area (Å²) in [6.07, 6.45) is 4.49. The molecule has 0 aliphatic carbocycles. The number of nitrogens with one attached hydrogen (secondary N) is 1. The van der Waals surface area contributed by atoms with Crippen molar-refractivity contribution in [1.29, 1.82) is 0 Å². The van der Waals surface area contributed by atoms with Crippen LogP contribution >= 0.6 is 0 Å². The van der Waals surface area contributed by atoms with Gasteiger partial charge < -0.3 is 5.32 Å². The Bertz CT molecular complexity index is 317. The Morgan fingerprint density at radius 3 is 2.87 bits per heavy atom. The van der Waals surface area contributed by atoms with Crippen LogP contribution in [0.5, 0.6) is 0 Å². The van der Waals surface area contributed by atoms with E-state index in [-0.39, 0.29) is 0 Å². The normalized spacial score (nSPS) is 35.1. The minimum atomic E-state index is 0.485. The fourth-order valence-electron chi connectivity index (χ4n) is 2.69. The third-order valence-corrected chi connectivity index (χ3v) is 3.60. The van der Waals surface area contributed by atoms with Gasteiger partial charge in [-0.1, -0.05) is 6.07 Å². The van der Waals surface area contributed by atoms with Crippen LogP contribution in [0.3, 0.4) is 0 Å². The molecule has 1 unspecified atom stereocenters. The average molecular weight is 203 g/mol. The maximum Gasteiger partial charge on any atom is 0.0646 e. The van der Waals surface area contributed by atoms with Crippen LogP contribution in [-0.2, 0) is 0 Å². The molecule has 0 aromatic carbocycles. The summed E-state index contributed by atoms with van der Waals surface area (Å²) in [5, 5.41) is 3.64. The quantitative estimate of drug-likeness (QED) is 0.743. The Morgan fingerprint density at radius 1 is 1.27 bits per heavy atom. The molecule has 1 N–H and O–H groups in total. The Labute approximate surface area is 90.5 Å². The number of pyridine rings is 1. The van der Waals surface area contributed by atoms with Crippen LogP contribution in [0.1, 0.15) is 24.6 Å². The molecular weight excluding hydrogens is 186 g/mol. The fraction of sp³-hybridized carbons (Fsp3) is 0.583. The smallest absolute Gasteiger partial charge is 0.0646 e. The van der Waals surface area contributed by atoms with Crippen molar-refractivity contribution in [3.8, 4) is 0 Å². The third-order valence-electron chi connectivity index (χ3n) is 3.60. The zero-order valence-electron chi connectivity index (χ0n) is 8.89. The second kappa shape index (κ2) is 3.91. The van der Waals surface area contributed by atoms with Crippen molar-refractivity contribution >= 4 is 0 Å². The van der Waals surface area contributed by atoms with E-state index in [1.54, 1.807) is 0 Å². The number of hydrogen-bond acceptors (Lipinski definition) is 3. The molecule has 1 atom stereocenters. The van der Waals surface area contributed by atoms with Crippen LogP contribution in [0, 0.1) is 0 Å². The van der Waals surface area contributed by atoms with Gasteiger partial charge >= 0.3 is 0 Å². The van der Waals surface area contributed by atoms with E-state index in [1.165, 1.54) is 31.6 Å². The Morgan fingerprint density at radius 2 is 2.13 bits per heavy atom. The minimum Gasteiger partial charge on any atom is -0.312 e. The van der Waals surface area contributed by atoms with E-state index in [1.807, 2.05) is 12.3 Å². The van der Waals surface area contributed by atoms with Crippen molar-refractivity contribution in [2.45, 2.75) is 24.9 Å². The Kier molecular flexibility index (Phi) is 2.43. The van der Waals surface area contributed by atoms with Gasteiger partial charge in [0.25, 0.3) is 0 Å². The average Bonchev–Trinajstić information content (AvgIpc) is 2.63. The second-order valence-electron chi connectivity index (χ2n) is 4.49. The van der Waals surface area contributed by atoms with Gasteiger partial charge in [-0.05, 0) is 25.0 Å². The number of rotatable bonds is 1. The molecule has 3 fully saturated rings. The van der Waals surface area contributed by atoms with Gasteiger partial charge in [0, 0.05) is 31.9 Å². The molecule has 3 saturated heterocycles. The van der Waals surface area contributed by atoms with E-state index < -0.39 is 0 Å². The molecule has 1 aromatic heterocycles. The van der Waals surface area contributed by atoms with E-state index in [0.29, 0.717) is 6.04 Å². The maximum atomic E-state index is 4.48. The summed E-state index contributed by atoms with van der Waals surface area (Å²) in [5.74, 6) is 0. The lowest BCUT2D eigenvalue weighted by Gasteiger charge is -2.30. The molecule has 0 saturated carbocycles. The van der Waals surface area contributed by atoms with Crippen molar-refractivity contribution in [2.24, 2.45) is 0 Å². The number of aromatic nitrogens is 1. The SMILES string of the molecule is c1ccc(C2CNC3CCN2CC3)nc1. The van der Waals surface area contributed by atoms with Crippen molar-refractivity contribution in [1.82, 2.24) is 15.2 Å². The largest absolute Gasteiger partial charge is 0.312 e. The zero-order chi connectivity index (χ0) is 10.1. The van der Waals surface area contributed by atoms with Gasteiger partial charge in [0.1, 0.15) is 0 Å². The molecule has 80 valence electrons. The highest BCUT2D eigenvalue weighted by Gasteiger charge is 2.30. The van der Waals surface area contributed by atoms with Gasteiger partial charge in [0.05, 0.1) is 11.7 Å². The zero-order valence-corrected chi connectivity index (χ0v) is 8.89. The van der Waals surface area contributed by atoms with Crippen LogP contribution in [0.2, 0.25) is 0 Å². The lowest BCUT2D eigenvalue weighted by Crippen LogP contribution is -2.35. The van der Waals surface area contributed by atoms with Crippen LogP contribution in [-0.4, -0.2) is 35.6 Å². The summed E-state index contributed by atoms with van der Waals surface area (Å²) in [4.78, 5) is 7.05. The molecule has 3 heteroatoms. The lowest BCUT2D eigenvalue weighted by atomic mass is 10.1. The van der Waals surface area contributed by atoms with Gasteiger partial charge in [-0.3, -0.25) is 9.88 Å². The number of piperidine rings is 1. The molecule has 0 radical (unpaired) electrons. The van der Waals surface area contributed by atoms with E-state index in [4.69, 9.17) is 0 Å². The molecule has 4 rings (SSSR count). The summed E-state index contributed by atoms with van der Waals surface area (Å²) in [6, 6.07) is 7.44. The lowest BCUT2D eigenvalue weighted by molar-refractivity contribution is 0.186. The molecule has 0 amide bonds. The Hall–Kier alpha value is -0.930. The maximum absolute atomic E-state index is 4.48. The van der Waals surface area contributed by atoms with Crippen molar-refractivity contribution in [3.05, 3.63) is 30.1 Å². The molecule has 4 heterocycles. The molecule has 2 bridgehead atoms. The summed E-state index contributed by atoms with van der Waals surface area (Å²) in [7, 11) is 0. The van der Waals surface area contributed by atoms with Gasteiger partial charge in [0.15, 0.2) is 0 Å². The first-order valence-electron chi connectivity index (χ1n) is 5.82. The van der Waals surface area contributed by atoms with Gasteiger partial charge in [-0.2, -0.15) is 0 Å². The summed E-state index contributed by atoms with van der Waals surface area (Å²) in [5.41, 5.74) is 1.22. The fourth-order valence-corrected chi connectivity index (χ4v) is 2.69. The number of hydrogen-bond donors (Lipinski definition) is 1. The highest BCUT2D eigenvalue weighted by molar-refractivity contribution is 5.11. The standard InChI is InChI=1S/C12H17N3/c1-2-6-13-11(3-1)12-9-14-10-4-7-15(12)8-5-10/h1-3,6,10,12,14H,4-5,7-9H2. The van der Waals surface area contributed by atoms with Crippen LogP contribution in [0.15, 0.2) is 24.4 Å². The molecule has 3 aliphatic rings. The number of nitrogens with zero attached hydrogens (tertiary/aromatic N) is 2. The van der Waals surface area contributed by atoms with Gasteiger partial charge in [0.2, 0.25) is 0 Å². The van der Waals surface area contributed by atoms with Crippen molar-refractivity contribution in [2.75, 3.05) is 19.6 Å². The van der Waals surface area contributed by atoms with E-state index in [2.05, 4.69) is 27.3 Å². The second-order valence-corrected chi connectivity index (χ2v) is 4.49. The molecule has 3 nitrogen and oxygen atoms in total. The first-order valence-corrected chi connectivity index (χ1v) is 5.82. The Balaban J connectivity index is 1.86. The summed E-state index contributed by atoms with van der Waals surface area (Å²) in [6.45, 7) is 3.50. The van der Waals surface area contributed by atoms with Crippen molar-refractivity contribution < 1.29 is 0 Å². The van der Waals surface area contributed by atoms with Crippen LogP contribution in [0.4, 0.5) is 0 Å². The van der Waals surface area contributed by atoms with E-state index >= 15 is 0 Å². The highest BCUT2D eigenvalue weighted by atomic mass is 15.2. The first-order chi connectivity index (χ1) is 7.43. The predicted octanol–water partition coefficient (Wildman–Crippen LogP) is 1.19. The minimum absolute atomic E-state index is 0.485. The topological polar surface area (TPSA) is 28.2 Å². The molecule has 3 aliphatic heterocycles. The summed E-state index contributed by atoms with van der Waals surface area (Å²) >= 11 is 0. The van der Waals surface area contributed by atoms with Gasteiger partial charge in [-0.15, -0.1) is 0 Å². The monoisotopic (exact) mass is 203 g/mol. The summed E-state index contributed by atoms with van der Waals surface area (Å²) < 4.78 is 0. The molecule has 15 heavy (non-hydrogen) atoms. The molecular formula is C12H17N3. The van der Waals surface area contributed by atoms with Crippen LogP contribution < -0.4 is 5.32 Å². The molecule has 0 spiro atoms. The van der Waals surface area contributed by atoms with E-state index in [9.17, 15) is 0 Å². The van der Waals surface area contributed by atoms with Crippen LogP contribution in [0.25, 0.3) is 0 Å². The molecule has 1 aromatic rings. The highest BCUT2D eigenvalue weighted by Crippen LogP contribution is 2.26. The third kappa shape index (κ3) is 1.77.